The van der Waals surface area contributed by atoms with Crippen LogP contribution in [0.15, 0.2) is 34.5 Å². The van der Waals surface area contributed by atoms with E-state index in [-0.39, 0.29) is 6.04 Å². The second-order valence-electron chi connectivity index (χ2n) is 7.70. The predicted molar refractivity (Wildman–Crippen MR) is 121 cm³/mol. The van der Waals surface area contributed by atoms with Crippen LogP contribution in [0.25, 0.3) is 0 Å². The summed E-state index contributed by atoms with van der Waals surface area (Å²) in [5, 5.41) is 17.1. The molecule has 1 aliphatic heterocycles. The zero-order valence-electron chi connectivity index (χ0n) is 17.8. The monoisotopic (exact) mass is 449 g/mol. The highest BCUT2D eigenvalue weighted by molar-refractivity contribution is 7.99. The van der Waals surface area contributed by atoms with E-state index >= 15 is 0 Å². The number of ether oxygens (including phenoxy) is 2. The molecule has 0 fully saturated rings. The van der Waals surface area contributed by atoms with Crippen LogP contribution < -0.4 is 10.1 Å². The van der Waals surface area contributed by atoms with Gasteiger partial charge in [-0.25, -0.2) is 4.79 Å². The SMILES string of the molecule is COc1ccc(C2=Nn3c(nnc3C(CCSC)NC(=O)OC(C)(C)C)SC2)cc1. The molecule has 1 unspecified atom stereocenters. The van der Waals surface area contributed by atoms with E-state index in [0.29, 0.717) is 23.2 Å². The van der Waals surface area contributed by atoms with Crippen molar-refractivity contribution in [2.75, 3.05) is 24.9 Å². The molecule has 10 heteroatoms. The molecule has 2 aromatic rings. The molecule has 1 N–H and O–H groups in total. The summed E-state index contributed by atoms with van der Waals surface area (Å²) in [5.74, 6) is 2.94. The molecule has 8 nitrogen and oxygen atoms in total. The summed E-state index contributed by atoms with van der Waals surface area (Å²) in [6, 6.07) is 7.44. The van der Waals surface area contributed by atoms with Crippen LogP contribution in [0, 0.1) is 0 Å². The smallest absolute Gasteiger partial charge is 0.408 e. The van der Waals surface area contributed by atoms with E-state index in [0.717, 1.165) is 22.8 Å². The molecule has 1 atom stereocenters. The van der Waals surface area contributed by atoms with E-state index in [9.17, 15) is 4.79 Å². The molecule has 0 spiro atoms. The summed E-state index contributed by atoms with van der Waals surface area (Å²) in [4.78, 5) is 12.4. The molecule has 162 valence electrons. The maximum atomic E-state index is 12.4. The van der Waals surface area contributed by atoms with Crippen LogP contribution in [-0.2, 0) is 4.74 Å². The average Bonchev–Trinajstić information content (AvgIpc) is 3.13. The number of nitrogens with one attached hydrogen (secondary N) is 1. The molecule has 0 aliphatic carbocycles. The molecule has 1 aromatic carbocycles. The molecule has 30 heavy (non-hydrogen) atoms. The van der Waals surface area contributed by atoms with Gasteiger partial charge in [-0.2, -0.15) is 21.5 Å². The third-order valence-corrected chi connectivity index (χ3v) is 5.81. The molecule has 0 radical (unpaired) electrons. The minimum atomic E-state index is -0.575. The molecule has 1 aliphatic rings. The first kappa shape index (κ1) is 22.5. The number of fused-ring (bicyclic) bond motifs is 1. The number of hydrogen-bond donors (Lipinski definition) is 1. The lowest BCUT2D eigenvalue weighted by Gasteiger charge is -2.23. The van der Waals surface area contributed by atoms with Gasteiger partial charge in [0.25, 0.3) is 0 Å². The molecule has 1 aromatic heterocycles. The summed E-state index contributed by atoms with van der Waals surface area (Å²) < 4.78 is 12.4. The van der Waals surface area contributed by atoms with Crippen LogP contribution in [0.1, 0.15) is 44.6 Å². The fourth-order valence-electron chi connectivity index (χ4n) is 2.84. The Kier molecular flexibility index (Phi) is 7.30. The van der Waals surface area contributed by atoms with Crippen molar-refractivity contribution in [1.82, 2.24) is 20.2 Å². The third-order valence-electron chi connectivity index (χ3n) is 4.23. The minimum Gasteiger partial charge on any atom is -0.497 e. The molecule has 1 amide bonds. The second-order valence-corrected chi connectivity index (χ2v) is 9.62. The van der Waals surface area contributed by atoms with Crippen molar-refractivity contribution in [2.45, 2.75) is 44.0 Å². The first-order chi connectivity index (χ1) is 14.3. The Morgan fingerprint density at radius 2 is 2.03 bits per heavy atom. The molecular weight excluding hydrogens is 422 g/mol. The van der Waals surface area contributed by atoms with Crippen molar-refractivity contribution >= 4 is 35.3 Å². The molecule has 3 rings (SSSR count). The summed E-state index contributed by atoms with van der Waals surface area (Å²) in [6.45, 7) is 5.51. The highest BCUT2D eigenvalue weighted by atomic mass is 32.2. The third kappa shape index (κ3) is 5.69. The zero-order valence-corrected chi connectivity index (χ0v) is 19.5. The van der Waals surface area contributed by atoms with E-state index in [1.54, 1.807) is 35.3 Å². The Labute approximate surface area is 185 Å². The summed E-state index contributed by atoms with van der Waals surface area (Å²) >= 11 is 3.27. The van der Waals surface area contributed by atoms with Crippen LogP contribution in [0.3, 0.4) is 0 Å². The van der Waals surface area contributed by atoms with E-state index in [1.807, 2.05) is 51.3 Å². The Bertz CT molecular complexity index is 906. The number of benzene rings is 1. The topological polar surface area (TPSA) is 90.6 Å². The van der Waals surface area contributed by atoms with Crippen LogP contribution in [0.5, 0.6) is 5.75 Å². The van der Waals surface area contributed by atoms with Gasteiger partial charge in [0.2, 0.25) is 5.16 Å². The van der Waals surface area contributed by atoms with E-state index < -0.39 is 11.7 Å². The maximum Gasteiger partial charge on any atom is 0.408 e. The first-order valence-corrected chi connectivity index (χ1v) is 12.0. The van der Waals surface area contributed by atoms with Gasteiger partial charge in [-0.1, -0.05) is 11.8 Å². The van der Waals surface area contributed by atoms with Gasteiger partial charge in [-0.05, 0) is 69.0 Å². The van der Waals surface area contributed by atoms with E-state index in [4.69, 9.17) is 14.6 Å². The van der Waals surface area contributed by atoms with Crippen molar-refractivity contribution in [3.63, 3.8) is 0 Å². The summed E-state index contributed by atoms with van der Waals surface area (Å²) in [6.07, 6.45) is 2.24. The largest absolute Gasteiger partial charge is 0.497 e. The van der Waals surface area contributed by atoms with Crippen molar-refractivity contribution in [2.24, 2.45) is 5.10 Å². The lowest BCUT2D eigenvalue weighted by molar-refractivity contribution is 0.0499. The normalized spacial score (nSPS) is 14.5. The standard InChI is InChI=1S/C20H27N5O3S2/c1-20(2,3)28-19(26)21-15(10-11-29-5)17-22-23-18-25(17)24-16(12-30-18)13-6-8-14(27-4)9-7-13/h6-9,15H,10-12H2,1-5H3,(H,21,26). The van der Waals surface area contributed by atoms with Crippen molar-refractivity contribution in [3.05, 3.63) is 35.7 Å². The van der Waals surface area contributed by atoms with Gasteiger partial charge in [0.05, 0.1) is 18.9 Å². The number of alkyl carbamates (subject to hydrolysis) is 1. The second kappa shape index (κ2) is 9.74. The van der Waals surface area contributed by atoms with Gasteiger partial charge in [0.15, 0.2) is 5.82 Å². The number of nitrogens with zero attached hydrogens (tertiary/aromatic N) is 4. The Balaban J connectivity index is 1.87. The van der Waals surface area contributed by atoms with Gasteiger partial charge in [-0.15, -0.1) is 10.2 Å². The fourth-order valence-corrected chi connectivity index (χ4v) is 4.15. The summed E-state index contributed by atoms with van der Waals surface area (Å²) in [5.41, 5.74) is 1.35. The number of methoxy groups -OCH3 is 1. The number of aromatic nitrogens is 3. The lowest BCUT2D eigenvalue weighted by Crippen LogP contribution is -2.36. The molecule has 2 heterocycles. The highest BCUT2D eigenvalue weighted by Crippen LogP contribution is 2.28. The van der Waals surface area contributed by atoms with Gasteiger partial charge in [-0.3, -0.25) is 0 Å². The number of carbonyl (C=O) groups excluding carboxylic acids is 1. The fraction of sp³-hybridized carbons (Fsp3) is 0.500. The summed E-state index contributed by atoms with van der Waals surface area (Å²) in [7, 11) is 1.64. The van der Waals surface area contributed by atoms with E-state index in [1.165, 1.54) is 0 Å². The molecule has 0 saturated carbocycles. The molecule has 0 bridgehead atoms. The molecular formula is C20H27N5O3S2. The number of amides is 1. The number of rotatable bonds is 7. The number of carbonyl (C=O) groups is 1. The van der Waals surface area contributed by atoms with Crippen molar-refractivity contribution in [1.29, 1.82) is 0 Å². The van der Waals surface area contributed by atoms with Gasteiger partial charge in [0.1, 0.15) is 11.4 Å². The highest BCUT2D eigenvalue weighted by Gasteiger charge is 2.28. The first-order valence-electron chi connectivity index (χ1n) is 9.59. The minimum absolute atomic E-state index is 0.354. The maximum absolute atomic E-state index is 12.4. The molecule has 0 saturated heterocycles. The van der Waals surface area contributed by atoms with Crippen LogP contribution in [0.4, 0.5) is 4.79 Å². The van der Waals surface area contributed by atoms with Gasteiger partial charge >= 0.3 is 6.09 Å². The number of thioether (sulfide) groups is 2. The quantitative estimate of drug-likeness (QED) is 0.684. The Hall–Kier alpha value is -2.20. The van der Waals surface area contributed by atoms with Crippen molar-refractivity contribution in [3.8, 4) is 5.75 Å². The zero-order chi connectivity index (χ0) is 21.7. The van der Waals surface area contributed by atoms with Crippen LogP contribution >= 0.6 is 23.5 Å². The average molecular weight is 450 g/mol. The van der Waals surface area contributed by atoms with Crippen LogP contribution in [0.2, 0.25) is 0 Å². The van der Waals surface area contributed by atoms with Crippen LogP contribution in [-0.4, -0.2) is 57.2 Å². The van der Waals surface area contributed by atoms with E-state index in [2.05, 4.69) is 15.5 Å². The lowest BCUT2D eigenvalue weighted by atomic mass is 10.1. The Morgan fingerprint density at radius 3 is 2.67 bits per heavy atom. The number of hydrogen-bond acceptors (Lipinski definition) is 8. The van der Waals surface area contributed by atoms with Gasteiger partial charge in [0, 0.05) is 5.75 Å². The van der Waals surface area contributed by atoms with Gasteiger partial charge < -0.3 is 14.8 Å². The van der Waals surface area contributed by atoms with Crippen molar-refractivity contribution < 1.29 is 14.3 Å². The predicted octanol–water partition coefficient (Wildman–Crippen LogP) is 3.96. The Morgan fingerprint density at radius 1 is 1.30 bits per heavy atom.